The summed E-state index contributed by atoms with van der Waals surface area (Å²) in [6.45, 7) is 0.566. The Morgan fingerprint density at radius 1 is 1.50 bits per heavy atom. The topological polar surface area (TPSA) is 41.1 Å². The van der Waals surface area contributed by atoms with Crippen LogP contribution in [0.3, 0.4) is 0 Å². The first-order chi connectivity index (χ1) is 7.72. The van der Waals surface area contributed by atoms with Crippen molar-refractivity contribution in [1.29, 1.82) is 0 Å². The molecule has 0 radical (unpaired) electrons. The van der Waals surface area contributed by atoms with E-state index in [1.54, 1.807) is 24.3 Å². The number of nitrogens with one attached hydrogen (secondary N) is 2. The van der Waals surface area contributed by atoms with Gasteiger partial charge in [0, 0.05) is 23.7 Å². The number of carbonyl (C=O) groups is 1. The van der Waals surface area contributed by atoms with Crippen LogP contribution in [-0.4, -0.2) is 12.6 Å². The van der Waals surface area contributed by atoms with Crippen molar-refractivity contribution in [2.45, 2.75) is 12.8 Å². The molecular weight excluding hydrogens is 224 g/mol. The summed E-state index contributed by atoms with van der Waals surface area (Å²) in [5.74, 6) is 2.51. The number of amides is 2. The van der Waals surface area contributed by atoms with Gasteiger partial charge in [0.25, 0.3) is 0 Å². The van der Waals surface area contributed by atoms with E-state index < -0.39 is 0 Å². The van der Waals surface area contributed by atoms with Gasteiger partial charge < -0.3 is 10.6 Å². The Kier molecular flexibility index (Phi) is 5.24. The highest BCUT2D eigenvalue weighted by atomic mass is 35.5. The second-order valence-electron chi connectivity index (χ2n) is 3.20. The molecular formula is C12H13ClN2O. The smallest absolute Gasteiger partial charge is 0.319 e. The lowest BCUT2D eigenvalue weighted by Gasteiger charge is -2.06. The van der Waals surface area contributed by atoms with Crippen molar-refractivity contribution in [2.75, 3.05) is 11.9 Å². The first-order valence-corrected chi connectivity index (χ1v) is 5.34. The van der Waals surface area contributed by atoms with Crippen LogP contribution in [-0.2, 0) is 0 Å². The fourth-order valence-corrected chi connectivity index (χ4v) is 1.32. The van der Waals surface area contributed by atoms with E-state index in [1.165, 1.54) is 0 Å². The maximum Gasteiger partial charge on any atom is 0.319 e. The number of hydrogen-bond donors (Lipinski definition) is 2. The Hall–Kier alpha value is -1.66. The number of urea groups is 1. The fraction of sp³-hybridized carbons (Fsp3) is 0.250. The zero-order valence-corrected chi connectivity index (χ0v) is 9.55. The Morgan fingerprint density at radius 3 is 3.00 bits per heavy atom. The third kappa shape index (κ3) is 4.72. The molecule has 0 aromatic heterocycles. The number of hydrogen-bond acceptors (Lipinski definition) is 1. The van der Waals surface area contributed by atoms with E-state index in [0.717, 1.165) is 6.42 Å². The number of halogens is 1. The minimum atomic E-state index is -0.251. The largest absolute Gasteiger partial charge is 0.338 e. The Bertz CT molecular complexity index is 398. The van der Waals surface area contributed by atoms with E-state index in [4.69, 9.17) is 18.0 Å². The predicted molar refractivity (Wildman–Crippen MR) is 66.5 cm³/mol. The number of unbranched alkanes of at least 4 members (excludes halogenated alkanes) is 1. The highest BCUT2D eigenvalue weighted by Crippen LogP contribution is 2.14. The average Bonchev–Trinajstić information content (AvgIpc) is 2.24. The van der Waals surface area contributed by atoms with Gasteiger partial charge in [-0.1, -0.05) is 17.7 Å². The van der Waals surface area contributed by atoms with Crippen molar-refractivity contribution < 1.29 is 4.79 Å². The molecule has 0 heterocycles. The minimum Gasteiger partial charge on any atom is -0.338 e. The molecule has 0 unspecified atom stereocenters. The van der Waals surface area contributed by atoms with Crippen molar-refractivity contribution >= 4 is 23.3 Å². The summed E-state index contributed by atoms with van der Waals surface area (Å²) in [5.41, 5.74) is 0.668. The molecule has 0 bridgehead atoms. The quantitative estimate of drug-likeness (QED) is 0.613. The Balaban J connectivity index is 2.32. The molecule has 0 aliphatic heterocycles. The summed E-state index contributed by atoms with van der Waals surface area (Å²) < 4.78 is 0. The van der Waals surface area contributed by atoms with Crippen LogP contribution in [0.5, 0.6) is 0 Å². The fourth-order valence-electron chi connectivity index (χ4n) is 1.13. The molecule has 0 saturated heterocycles. The van der Waals surface area contributed by atoms with Gasteiger partial charge in [-0.15, -0.1) is 12.3 Å². The third-order valence-corrected chi connectivity index (χ3v) is 2.10. The number of benzene rings is 1. The number of anilines is 1. The molecule has 4 heteroatoms. The van der Waals surface area contributed by atoms with Crippen LogP contribution in [0.2, 0.25) is 5.02 Å². The molecule has 0 saturated carbocycles. The van der Waals surface area contributed by atoms with Gasteiger partial charge in [0.1, 0.15) is 0 Å². The normalized spacial score (nSPS) is 9.25. The van der Waals surface area contributed by atoms with Crippen LogP contribution in [0.15, 0.2) is 24.3 Å². The van der Waals surface area contributed by atoms with Gasteiger partial charge in [0.2, 0.25) is 0 Å². The van der Waals surface area contributed by atoms with Gasteiger partial charge in [-0.05, 0) is 24.6 Å². The lowest BCUT2D eigenvalue weighted by Crippen LogP contribution is -2.29. The van der Waals surface area contributed by atoms with Crippen LogP contribution in [0.25, 0.3) is 0 Å². The van der Waals surface area contributed by atoms with Gasteiger partial charge in [0.05, 0.1) is 0 Å². The van der Waals surface area contributed by atoms with Crippen molar-refractivity contribution in [3.63, 3.8) is 0 Å². The van der Waals surface area contributed by atoms with E-state index in [9.17, 15) is 4.79 Å². The summed E-state index contributed by atoms with van der Waals surface area (Å²) in [6.07, 6.45) is 6.53. The predicted octanol–water partition coefficient (Wildman–Crippen LogP) is 2.87. The van der Waals surface area contributed by atoms with Crippen molar-refractivity contribution in [1.82, 2.24) is 5.32 Å². The van der Waals surface area contributed by atoms with Gasteiger partial charge in [-0.2, -0.15) is 0 Å². The van der Waals surface area contributed by atoms with Crippen LogP contribution in [0.1, 0.15) is 12.8 Å². The summed E-state index contributed by atoms with van der Waals surface area (Å²) in [7, 11) is 0. The monoisotopic (exact) mass is 236 g/mol. The number of terminal acetylenes is 1. The molecule has 1 aromatic rings. The first-order valence-electron chi connectivity index (χ1n) is 4.96. The van der Waals surface area contributed by atoms with Gasteiger partial charge in [-0.25, -0.2) is 4.79 Å². The zero-order valence-electron chi connectivity index (χ0n) is 8.79. The molecule has 0 atom stereocenters. The SMILES string of the molecule is C#CCCCNC(=O)Nc1cccc(Cl)c1. The van der Waals surface area contributed by atoms with Gasteiger partial charge >= 0.3 is 6.03 Å². The summed E-state index contributed by atoms with van der Waals surface area (Å²) in [6, 6.07) is 6.72. The van der Waals surface area contributed by atoms with Crippen molar-refractivity contribution in [3.05, 3.63) is 29.3 Å². The average molecular weight is 237 g/mol. The second kappa shape index (κ2) is 6.76. The van der Waals surface area contributed by atoms with E-state index >= 15 is 0 Å². The molecule has 0 aliphatic rings. The van der Waals surface area contributed by atoms with Crippen molar-refractivity contribution in [2.24, 2.45) is 0 Å². The molecule has 0 spiro atoms. The van der Waals surface area contributed by atoms with Crippen LogP contribution in [0, 0.1) is 12.3 Å². The molecule has 2 amide bonds. The minimum absolute atomic E-state index is 0.251. The van der Waals surface area contributed by atoms with E-state index in [1.807, 2.05) is 0 Å². The van der Waals surface area contributed by atoms with Crippen LogP contribution in [0.4, 0.5) is 10.5 Å². The Labute approximate surface area is 100 Å². The summed E-state index contributed by atoms with van der Waals surface area (Å²) in [5, 5.41) is 5.96. The van der Waals surface area contributed by atoms with E-state index in [-0.39, 0.29) is 6.03 Å². The number of rotatable bonds is 4. The lowest BCUT2D eigenvalue weighted by atomic mass is 10.3. The molecule has 1 aromatic carbocycles. The molecule has 0 fully saturated rings. The third-order valence-electron chi connectivity index (χ3n) is 1.87. The van der Waals surface area contributed by atoms with Gasteiger partial charge in [0.15, 0.2) is 0 Å². The van der Waals surface area contributed by atoms with Gasteiger partial charge in [-0.3, -0.25) is 0 Å². The van der Waals surface area contributed by atoms with Crippen LogP contribution < -0.4 is 10.6 Å². The van der Waals surface area contributed by atoms with Crippen molar-refractivity contribution in [3.8, 4) is 12.3 Å². The standard InChI is InChI=1S/C12H13ClN2O/c1-2-3-4-8-14-12(16)15-11-7-5-6-10(13)9-11/h1,5-7,9H,3-4,8H2,(H2,14,15,16). The molecule has 84 valence electrons. The second-order valence-corrected chi connectivity index (χ2v) is 3.64. The van der Waals surface area contributed by atoms with E-state index in [0.29, 0.717) is 23.7 Å². The number of carbonyl (C=O) groups excluding carboxylic acids is 1. The maximum atomic E-state index is 11.4. The molecule has 16 heavy (non-hydrogen) atoms. The molecule has 1 rings (SSSR count). The molecule has 3 nitrogen and oxygen atoms in total. The molecule has 0 aliphatic carbocycles. The molecule has 2 N–H and O–H groups in total. The summed E-state index contributed by atoms with van der Waals surface area (Å²) in [4.78, 5) is 11.4. The van der Waals surface area contributed by atoms with E-state index in [2.05, 4.69) is 16.6 Å². The maximum absolute atomic E-state index is 11.4. The zero-order chi connectivity index (χ0) is 11.8. The Morgan fingerprint density at radius 2 is 2.31 bits per heavy atom. The lowest BCUT2D eigenvalue weighted by molar-refractivity contribution is 0.252. The van der Waals surface area contributed by atoms with Crippen LogP contribution >= 0.6 is 11.6 Å². The highest BCUT2D eigenvalue weighted by Gasteiger charge is 2.00. The first kappa shape index (κ1) is 12.4. The summed E-state index contributed by atoms with van der Waals surface area (Å²) >= 11 is 5.78. The highest BCUT2D eigenvalue weighted by molar-refractivity contribution is 6.30.